The van der Waals surface area contributed by atoms with Gasteiger partial charge in [0.25, 0.3) is 0 Å². The van der Waals surface area contributed by atoms with Crippen LogP contribution in [0.5, 0.6) is 0 Å². The number of hydrogen-bond acceptors (Lipinski definition) is 1. The smallest absolute Gasteiger partial charge is 0.192 e. The third kappa shape index (κ3) is 6.49. The van der Waals surface area contributed by atoms with Crippen LogP contribution in [-0.4, -0.2) is 14.9 Å². The van der Waals surface area contributed by atoms with E-state index in [1.165, 1.54) is 43.8 Å². The van der Waals surface area contributed by atoms with Crippen molar-refractivity contribution in [1.29, 1.82) is 0 Å². The Morgan fingerprint density at radius 3 is 2.00 bits per heavy atom. The molecule has 0 amide bonds. The molecule has 0 radical (unpaired) electrons. The fourth-order valence-corrected chi connectivity index (χ4v) is 4.54. The first kappa shape index (κ1) is 15.9. The van der Waals surface area contributed by atoms with Crippen molar-refractivity contribution in [2.45, 2.75) is 71.5 Å². The molecule has 0 spiro atoms. The minimum absolute atomic E-state index is 0.841. The lowest BCUT2D eigenvalue weighted by Crippen LogP contribution is -2.35. The lowest BCUT2D eigenvalue weighted by atomic mass is 10.2. The van der Waals surface area contributed by atoms with Gasteiger partial charge in [-0.05, 0) is 31.0 Å². The van der Waals surface area contributed by atoms with E-state index in [4.69, 9.17) is 4.43 Å². The summed E-state index contributed by atoms with van der Waals surface area (Å²) in [5, 5.41) is 0. The molecule has 0 saturated heterocycles. The molecule has 0 N–H and O–H groups in total. The van der Waals surface area contributed by atoms with Crippen LogP contribution in [0.4, 0.5) is 0 Å². The molecule has 0 saturated carbocycles. The van der Waals surface area contributed by atoms with E-state index in [1.807, 2.05) is 0 Å². The Bertz CT molecular complexity index is 165. The zero-order valence-corrected chi connectivity index (χ0v) is 12.7. The molecule has 0 atom stereocenters. The molecule has 0 aromatic carbocycles. The summed E-state index contributed by atoms with van der Waals surface area (Å²) in [6, 6.07) is 3.76. The van der Waals surface area contributed by atoms with Crippen molar-refractivity contribution in [3.63, 3.8) is 0 Å². The van der Waals surface area contributed by atoms with Gasteiger partial charge in [0.15, 0.2) is 8.32 Å². The average Bonchev–Trinajstić information content (AvgIpc) is 2.34. The Kier molecular flexibility index (Phi) is 10.0. The van der Waals surface area contributed by atoms with Crippen molar-refractivity contribution < 1.29 is 4.43 Å². The van der Waals surface area contributed by atoms with Crippen LogP contribution in [0.25, 0.3) is 0 Å². The second kappa shape index (κ2) is 10.1. The molecule has 0 aromatic rings. The van der Waals surface area contributed by atoms with Gasteiger partial charge >= 0.3 is 0 Å². The van der Waals surface area contributed by atoms with Crippen molar-refractivity contribution >= 4 is 8.32 Å². The molecule has 0 unspecified atom stereocenters. The van der Waals surface area contributed by atoms with Crippen molar-refractivity contribution in [2.75, 3.05) is 6.61 Å². The monoisotopic (exact) mass is 242 g/mol. The van der Waals surface area contributed by atoms with Crippen LogP contribution in [0.15, 0.2) is 12.2 Å². The summed E-state index contributed by atoms with van der Waals surface area (Å²) >= 11 is 0. The molecule has 16 heavy (non-hydrogen) atoms. The van der Waals surface area contributed by atoms with E-state index in [1.54, 1.807) is 0 Å². The average molecular weight is 242 g/mol. The first-order valence-corrected chi connectivity index (χ1v) is 9.56. The van der Waals surface area contributed by atoms with Crippen LogP contribution >= 0.6 is 0 Å². The Morgan fingerprint density at radius 1 is 0.875 bits per heavy atom. The highest BCUT2D eigenvalue weighted by Gasteiger charge is 2.27. The summed E-state index contributed by atoms with van der Waals surface area (Å²) in [4.78, 5) is 0. The van der Waals surface area contributed by atoms with Gasteiger partial charge in [0.05, 0.1) is 6.61 Å². The predicted octanol–water partition coefficient (Wildman–Crippen LogP) is 5.14. The molecule has 96 valence electrons. The van der Waals surface area contributed by atoms with Crippen molar-refractivity contribution in [3.8, 4) is 0 Å². The standard InChI is InChI=1S/C14H30OSi/c1-5-9-10-11-12-13-14-15-16(6-2,7-3)8-4/h12-13H,5-11,14H2,1-4H3. The fourth-order valence-electron chi connectivity index (χ4n) is 1.98. The normalized spacial score (nSPS) is 12.5. The first-order chi connectivity index (χ1) is 7.74. The van der Waals surface area contributed by atoms with Crippen molar-refractivity contribution in [3.05, 3.63) is 12.2 Å². The Hall–Kier alpha value is -0.0831. The number of rotatable bonds is 10. The van der Waals surface area contributed by atoms with Crippen LogP contribution in [0.1, 0.15) is 53.4 Å². The van der Waals surface area contributed by atoms with Crippen LogP contribution in [0.2, 0.25) is 18.1 Å². The van der Waals surface area contributed by atoms with Gasteiger partial charge in [0.1, 0.15) is 0 Å². The molecule has 0 bridgehead atoms. The minimum atomic E-state index is -1.34. The molecule has 0 aliphatic rings. The van der Waals surface area contributed by atoms with Gasteiger partial charge in [0.2, 0.25) is 0 Å². The molecule has 1 nitrogen and oxygen atoms in total. The van der Waals surface area contributed by atoms with Gasteiger partial charge in [-0.2, -0.15) is 0 Å². The zero-order valence-electron chi connectivity index (χ0n) is 11.7. The maximum atomic E-state index is 6.14. The number of allylic oxidation sites excluding steroid dienone is 1. The zero-order chi connectivity index (χ0) is 12.3. The van der Waals surface area contributed by atoms with Crippen LogP contribution < -0.4 is 0 Å². The van der Waals surface area contributed by atoms with Gasteiger partial charge in [-0.15, -0.1) is 0 Å². The predicted molar refractivity (Wildman–Crippen MR) is 76.4 cm³/mol. The van der Waals surface area contributed by atoms with E-state index >= 15 is 0 Å². The summed E-state index contributed by atoms with van der Waals surface area (Å²) < 4.78 is 6.14. The maximum Gasteiger partial charge on any atom is 0.192 e. The van der Waals surface area contributed by atoms with E-state index in [9.17, 15) is 0 Å². The topological polar surface area (TPSA) is 9.23 Å². The molecule has 0 fully saturated rings. The third-order valence-electron chi connectivity index (χ3n) is 3.56. The number of unbranched alkanes of at least 4 members (excludes halogenated alkanes) is 3. The van der Waals surface area contributed by atoms with E-state index in [0.717, 1.165) is 6.61 Å². The lowest BCUT2D eigenvalue weighted by Gasteiger charge is -2.27. The van der Waals surface area contributed by atoms with Crippen molar-refractivity contribution in [1.82, 2.24) is 0 Å². The second-order valence-corrected chi connectivity index (χ2v) is 9.30. The van der Waals surface area contributed by atoms with E-state index in [2.05, 4.69) is 39.8 Å². The summed E-state index contributed by atoms with van der Waals surface area (Å²) in [6.07, 6.45) is 9.71. The molecule has 0 aliphatic carbocycles. The van der Waals surface area contributed by atoms with Crippen molar-refractivity contribution in [2.24, 2.45) is 0 Å². The fraction of sp³-hybridized carbons (Fsp3) is 0.857. The highest BCUT2D eigenvalue weighted by molar-refractivity contribution is 6.73. The molecule has 0 heterocycles. The van der Waals surface area contributed by atoms with Gasteiger partial charge in [-0.3, -0.25) is 0 Å². The van der Waals surface area contributed by atoms with Crippen LogP contribution in [0.3, 0.4) is 0 Å². The molecular weight excluding hydrogens is 212 g/mol. The molecular formula is C14H30OSi. The SMILES string of the molecule is CCCCCC=CCO[Si](CC)(CC)CC. The summed E-state index contributed by atoms with van der Waals surface area (Å²) in [5.41, 5.74) is 0. The largest absolute Gasteiger partial charge is 0.413 e. The third-order valence-corrected chi connectivity index (χ3v) is 8.20. The Labute approximate surface area is 103 Å². The van der Waals surface area contributed by atoms with Crippen LogP contribution in [0, 0.1) is 0 Å². The number of hydrogen-bond donors (Lipinski definition) is 0. The summed E-state index contributed by atoms with van der Waals surface area (Å²) in [7, 11) is -1.34. The first-order valence-electron chi connectivity index (χ1n) is 7.03. The highest BCUT2D eigenvalue weighted by atomic mass is 28.4. The quantitative estimate of drug-likeness (QED) is 0.293. The Balaban J connectivity index is 3.69. The van der Waals surface area contributed by atoms with E-state index in [0.29, 0.717) is 0 Å². The van der Waals surface area contributed by atoms with E-state index < -0.39 is 8.32 Å². The summed E-state index contributed by atoms with van der Waals surface area (Å²) in [5.74, 6) is 0. The molecule has 2 heteroatoms. The highest BCUT2D eigenvalue weighted by Crippen LogP contribution is 2.21. The minimum Gasteiger partial charge on any atom is -0.413 e. The molecule has 0 aromatic heterocycles. The maximum absolute atomic E-state index is 6.14. The van der Waals surface area contributed by atoms with Gasteiger partial charge in [0, 0.05) is 0 Å². The Morgan fingerprint density at radius 2 is 1.50 bits per heavy atom. The van der Waals surface area contributed by atoms with Gasteiger partial charge in [-0.25, -0.2) is 0 Å². The lowest BCUT2D eigenvalue weighted by molar-refractivity contribution is 0.342. The molecule has 0 aliphatic heterocycles. The van der Waals surface area contributed by atoms with E-state index in [-0.39, 0.29) is 0 Å². The van der Waals surface area contributed by atoms with Gasteiger partial charge in [-0.1, -0.05) is 52.7 Å². The van der Waals surface area contributed by atoms with Crippen LogP contribution in [-0.2, 0) is 4.43 Å². The second-order valence-electron chi connectivity index (χ2n) is 4.52. The summed E-state index contributed by atoms with van der Waals surface area (Å²) in [6.45, 7) is 9.93. The molecule has 0 rings (SSSR count). The van der Waals surface area contributed by atoms with Gasteiger partial charge < -0.3 is 4.43 Å².